The number of alkyl halides is 2. The predicted octanol–water partition coefficient (Wildman–Crippen LogP) is 5.66. The summed E-state index contributed by atoms with van der Waals surface area (Å²) < 4.78 is 39.0. The first-order valence-corrected chi connectivity index (χ1v) is 10.6. The third kappa shape index (κ3) is 6.66. The van der Waals surface area contributed by atoms with E-state index in [0.29, 0.717) is 23.3 Å². The van der Waals surface area contributed by atoms with Crippen molar-refractivity contribution in [2.75, 3.05) is 7.11 Å². The number of ketones is 2. The van der Waals surface area contributed by atoms with Crippen LogP contribution < -0.4 is 9.47 Å². The van der Waals surface area contributed by atoms with Crippen molar-refractivity contribution in [3.05, 3.63) is 102 Å². The quantitative estimate of drug-likeness (QED) is 0.216. The summed E-state index contributed by atoms with van der Waals surface area (Å²) in [4.78, 5) is 24.1. The lowest BCUT2D eigenvalue weighted by atomic mass is 10.1. The van der Waals surface area contributed by atoms with Gasteiger partial charge in [-0.3, -0.25) is 9.59 Å². The number of phenols is 2. The third-order valence-corrected chi connectivity index (χ3v) is 4.92. The highest BCUT2D eigenvalue weighted by Crippen LogP contribution is 2.29. The van der Waals surface area contributed by atoms with E-state index < -0.39 is 17.5 Å². The molecule has 0 amide bonds. The van der Waals surface area contributed by atoms with E-state index in [1.54, 1.807) is 6.08 Å². The van der Waals surface area contributed by atoms with Gasteiger partial charge in [-0.05, 0) is 59.2 Å². The van der Waals surface area contributed by atoms with Gasteiger partial charge in [0.25, 0.3) is 0 Å². The largest absolute Gasteiger partial charge is 0.504 e. The van der Waals surface area contributed by atoms with Crippen molar-refractivity contribution in [3.63, 3.8) is 0 Å². The van der Waals surface area contributed by atoms with Crippen molar-refractivity contribution < 1.29 is 38.1 Å². The van der Waals surface area contributed by atoms with Crippen LogP contribution in [0.5, 0.6) is 23.0 Å². The number of phenolic OH excluding ortho intramolecular Hbond substituents is 2. The van der Waals surface area contributed by atoms with Crippen LogP contribution in [0.3, 0.4) is 0 Å². The molecule has 0 bridgehead atoms. The Bertz CT molecular complexity index is 1330. The molecule has 0 aromatic heterocycles. The SMILES string of the molecule is COc1cc(/C=C/C(=O)C(F)(F)C(=O)/C=C/c2ccc(O)c(OC=Cc3ccccc3)c2)ccc1O. The lowest BCUT2D eigenvalue weighted by molar-refractivity contribution is -0.150. The van der Waals surface area contributed by atoms with Crippen LogP contribution in [0.2, 0.25) is 0 Å². The molecule has 0 fully saturated rings. The number of allylic oxidation sites excluding steroid dienone is 2. The van der Waals surface area contributed by atoms with Gasteiger partial charge in [0.2, 0.25) is 11.6 Å². The average Bonchev–Trinajstić information content (AvgIpc) is 2.88. The molecule has 36 heavy (non-hydrogen) atoms. The zero-order chi connectivity index (χ0) is 26.1. The number of ether oxygens (including phenoxy) is 2. The van der Waals surface area contributed by atoms with Crippen LogP contribution >= 0.6 is 0 Å². The first kappa shape index (κ1) is 25.9. The fourth-order valence-corrected chi connectivity index (χ4v) is 2.95. The number of carbonyl (C=O) groups is 2. The van der Waals surface area contributed by atoms with E-state index in [1.807, 2.05) is 30.3 Å². The van der Waals surface area contributed by atoms with E-state index in [1.165, 1.54) is 49.8 Å². The zero-order valence-corrected chi connectivity index (χ0v) is 19.1. The predicted molar refractivity (Wildman–Crippen MR) is 132 cm³/mol. The number of halogens is 2. The number of rotatable bonds is 10. The van der Waals surface area contributed by atoms with Gasteiger partial charge >= 0.3 is 5.92 Å². The fourth-order valence-electron chi connectivity index (χ4n) is 2.95. The first-order valence-electron chi connectivity index (χ1n) is 10.6. The standard InChI is InChI=1S/C28H22F2O6/c1-35-24-17-20(7-11-22(24)31)9-13-26(33)28(29,30)27(34)14-10-21-8-12-23(32)25(18-21)36-16-15-19-5-3-2-4-6-19/h2-18,31-32H,1H3/b13-9+,14-10+,16-15?. The summed E-state index contributed by atoms with van der Waals surface area (Å²) in [6, 6.07) is 17.3. The molecule has 3 rings (SSSR count). The summed E-state index contributed by atoms with van der Waals surface area (Å²) in [5.41, 5.74) is 1.47. The summed E-state index contributed by atoms with van der Waals surface area (Å²) >= 11 is 0. The van der Waals surface area contributed by atoms with Crippen LogP contribution in [0.1, 0.15) is 16.7 Å². The second-order valence-corrected chi connectivity index (χ2v) is 7.46. The molecular formula is C28H22F2O6. The molecule has 0 unspecified atom stereocenters. The fraction of sp³-hybridized carbons (Fsp3) is 0.0714. The molecule has 0 aliphatic carbocycles. The first-order chi connectivity index (χ1) is 17.2. The average molecular weight is 492 g/mol. The normalized spacial score (nSPS) is 11.9. The minimum absolute atomic E-state index is 0.0480. The van der Waals surface area contributed by atoms with Crippen molar-refractivity contribution in [3.8, 4) is 23.0 Å². The third-order valence-electron chi connectivity index (χ3n) is 4.92. The molecule has 184 valence electrons. The number of benzene rings is 3. The summed E-state index contributed by atoms with van der Waals surface area (Å²) in [7, 11) is 1.32. The van der Waals surface area contributed by atoms with Crippen LogP contribution in [-0.4, -0.2) is 34.8 Å². The molecule has 0 aliphatic rings. The van der Waals surface area contributed by atoms with Gasteiger partial charge in [-0.2, -0.15) is 8.78 Å². The van der Waals surface area contributed by atoms with E-state index >= 15 is 0 Å². The van der Waals surface area contributed by atoms with Crippen molar-refractivity contribution >= 4 is 29.8 Å². The number of hydrogen-bond donors (Lipinski definition) is 2. The van der Waals surface area contributed by atoms with Gasteiger partial charge in [0.15, 0.2) is 23.0 Å². The highest BCUT2D eigenvalue weighted by Gasteiger charge is 2.43. The minimum Gasteiger partial charge on any atom is -0.504 e. The van der Waals surface area contributed by atoms with E-state index in [9.17, 15) is 28.6 Å². The zero-order valence-electron chi connectivity index (χ0n) is 19.1. The highest BCUT2D eigenvalue weighted by atomic mass is 19.3. The van der Waals surface area contributed by atoms with E-state index in [2.05, 4.69) is 0 Å². The number of methoxy groups -OCH3 is 1. The molecule has 0 saturated heterocycles. The van der Waals surface area contributed by atoms with E-state index in [-0.39, 0.29) is 23.0 Å². The van der Waals surface area contributed by atoms with Gasteiger partial charge in [-0.25, -0.2) is 0 Å². The molecule has 0 radical (unpaired) electrons. The second-order valence-electron chi connectivity index (χ2n) is 7.46. The lowest BCUT2D eigenvalue weighted by Gasteiger charge is -2.09. The molecule has 0 atom stereocenters. The molecular weight excluding hydrogens is 470 g/mol. The topological polar surface area (TPSA) is 93.1 Å². The molecule has 8 heteroatoms. The maximum Gasteiger partial charge on any atom is 0.370 e. The molecule has 0 spiro atoms. The van der Waals surface area contributed by atoms with Crippen molar-refractivity contribution in [1.29, 1.82) is 0 Å². The minimum atomic E-state index is -4.29. The van der Waals surface area contributed by atoms with Gasteiger partial charge in [0, 0.05) is 0 Å². The Morgan fingerprint density at radius 3 is 1.83 bits per heavy atom. The summed E-state index contributed by atoms with van der Waals surface area (Å²) in [5.74, 6) is -7.89. The van der Waals surface area contributed by atoms with Crippen LogP contribution in [0.4, 0.5) is 8.78 Å². The molecule has 3 aromatic rings. The molecule has 6 nitrogen and oxygen atoms in total. The van der Waals surface area contributed by atoms with Crippen molar-refractivity contribution in [2.45, 2.75) is 5.92 Å². The summed E-state index contributed by atoms with van der Waals surface area (Å²) in [6.07, 6.45) is 6.37. The van der Waals surface area contributed by atoms with Crippen LogP contribution in [0.15, 0.2) is 85.1 Å². The Kier molecular flexibility index (Phi) is 8.35. The molecule has 2 N–H and O–H groups in total. The van der Waals surface area contributed by atoms with E-state index in [0.717, 1.165) is 17.7 Å². The smallest absolute Gasteiger partial charge is 0.370 e. The highest BCUT2D eigenvalue weighted by molar-refractivity contribution is 6.18. The Balaban J connectivity index is 1.67. The number of carbonyl (C=O) groups excluding carboxylic acids is 2. The Labute approximate surface area is 206 Å². The lowest BCUT2D eigenvalue weighted by Crippen LogP contribution is -2.35. The molecule has 0 aliphatic heterocycles. The van der Waals surface area contributed by atoms with Crippen molar-refractivity contribution in [1.82, 2.24) is 0 Å². The van der Waals surface area contributed by atoms with Crippen LogP contribution in [0.25, 0.3) is 18.2 Å². The molecule has 3 aromatic carbocycles. The van der Waals surface area contributed by atoms with Gasteiger partial charge in [-0.15, -0.1) is 0 Å². The van der Waals surface area contributed by atoms with Gasteiger partial charge in [0.1, 0.15) is 0 Å². The Hall–Kier alpha value is -4.72. The van der Waals surface area contributed by atoms with Gasteiger partial charge in [-0.1, -0.05) is 54.6 Å². The van der Waals surface area contributed by atoms with Gasteiger partial charge < -0.3 is 19.7 Å². The maximum absolute atomic E-state index is 14.4. The van der Waals surface area contributed by atoms with Crippen LogP contribution in [-0.2, 0) is 9.59 Å². The molecule has 0 saturated carbocycles. The monoisotopic (exact) mass is 492 g/mol. The Morgan fingerprint density at radius 2 is 1.28 bits per heavy atom. The van der Waals surface area contributed by atoms with Gasteiger partial charge in [0.05, 0.1) is 13.4 Å². The van der Waals surface area contributed by atoms with Crippen LogP contribution in [0, 0.1) is 0 Å². The Morgan fingerprint density at radius 1 is 0.750 bits per heavy atom. The number of hydrogen-bond acceptors (Lipinski definition) is 6. The number of aromatic hydroxyl groups is 2. The van der Waals surface area contributed by atoms with E-state index in [4.69, 9.17) is 9.47 Å². The second kappa shape index (κ2) is 11.6. The summed E-state index contributed by atoms with van der Waals surface area (Å²) in [5, 5.41) is 19.5. The van der Waals surface area contributed by atoms with Crippen molar-refractivity contribution in [2.24, 2.45) is 0 Å². The maximum atomic E-state index is 14.4. The molecule has 0 heterocycles. The summed E-state index contributed by atoms with van der Waals surface area (Å²) in [6.45, 7) is 0.